The van der Waals surface area contributed by atoms with Crippen LogP contribution in [-0.2, 0) is 9.59 Å². The first kappa shape index (κ1) is 17.6. The van der Waals surface area contributed by atoms with Crippen molar-refractivity contribution in [2.45, 2.75) is 12.8 Å². The van der Waals surface area contributed by atoms with Crippen LogP contribution in [0, 0.1) is 0 Å². The Labute approximate surface area is 160 Å². The molecule has 0 unspecified atom stereocenters. The first-order valence-corrected chi connectivity index (χ1v) is 9.62. The second kappa shape index (κ2) is 7.44. The van der Waals surface area contributed by atoms with Crippen molar-refractivity contribution in [3.8, 4) is 11.3 Å². The summed E-state index contributed by atoms with van der Waals surface area (Å²) in [6, 6.07) is 13.2. The molecule has 0 atom stereocenters. The van der Waals surface area contributed by atoms with Crippen molar-refractivity contribution < 1.29 is 18.8 Å². The van der Waals surface area contributed by atoms with Gasteiger partial charge < -0.3 is 9.32 Å². The molecule has 2 aliphatic rings. The van der Waals surface area contributed by atoms with E-state index in [1.807, 2.05) is 36.4 Å². The molecule has 27 heavy (non-hydrogen) atoms. The molecule has 2 fully saturated rings. The van der Waals surface area contributed by atoms with E-state index in [1.165, 1.54) is 0 Å². The van der Waals surface area contributed by atoms with Gasteiger partial charge in [0.1, 0.15) is 18.1 Å². The lowest BCUT2D eigenvalue weighted by atomic mass is 10.2. The molecular formula is C20H18N2O4S. The number of nitrogens with zero attached hydrogens (tertiary/aromatic N) is 2. The number of hydrogen-bond acceptors (Lipinski definition) is 5. The summed E-state index contributed by atoms with van der Waals surface area (Å²) in [4.78, 5) is 40.0. The molecule has 2 aliphatic heterocycles. The molecule has 0 radical (unpaired) electrons. The van der Waals surface area contributed by atoms with Crippen LogP contribution in [0.5, 0.6) is 0 Å². The predicted molar refractivity (Wildman–Crippen MR) is 103 cm³/mol. The number of hydrogen-bond donors (Lipinski definition) is 0. The van der Waals surface area contributed by atoms with Crippen LogP contribution in [0.3, 0.4) is 0 Å². The van der Waals surface area contributed by atoms with Crippen LogP contribution in [0.1, 0.15) is 18.6 Å². The molecule has 0 bridgehead atoms. The summed E-state index contributed by atoms with van der Waals surface area (Å²) in [5.41, 5.74) is 0.932. The summed E-state index contributed by atoms with van der Waals surface area (Å²) in [5, 5.41) is -0.423. The normalized spacial score (nSPS) is 18.7. The molecule has 138 valence electrons. The maximum absolute atomic E-state index is 12.6. The van der Waals surface area contributed by atoms with Crippen molar-refractivity contribution in [2.75, 3.05) is 19.6 Å². The molecule has 0 spiro atoms. The van der Waals surface area contributed by atoms with Gasteiger partial charge in [0.15, 0.2) is 0 Å². The third kappa shape index (κ3) is 3.68. The summed E-state index contributed by atoms with van der Waals surface area (Å²) in [6.45, 7) is 1.19. The van der Waals surface area contributed by atoms with Crippen LogP contribution in [0.15, 0.2) is 51.8 Å². The zero-order valence-corrected chi connectivity index (χ0v) is 15.4. The van der Waals surface area contributed by atoms with Gasteiger partial charge in [-0.1, -0.05) is 30.3 Å². The molecule has 6 nitrogen and oxygen atoms in total. The number of likely N-dealkylation sites (tertiary alicyclic amines) is 1. The molecule has 7 heteroatoms. The Hall–Kier alpha value is -2.80. The fourth-order valence-corrected chi connectivity index (χ4v) is 3.97. The van der Waals surface area contributed by atoms with Gasteiger partial charge in [-0.15, -0.1) is 0 Å². The SMILES string of the molecule is O=C(CN1C(=O)S/C(=C/c2ccc(-c3ccccc3)o2)C1=O)N1CCCC1. The number of carbonyl (C=O) groups excluding carboxylic acids is 3. The van der Waals surface area contributed by atoms with Crippen LogP contribution in [-0.4, -0.2) is 46.5 Å². The van der Waals surface area contributed by atoms with E-state index < -0.39 is 11.1 Å². The second-order valence-corrected chi connectivity index (χ2v) is 7.42. The van der Waals surface area contributed by atoms with Crippen molar-refractivity contribution in [3.63, 3.8) is 0 Å². The van der Waals surface area contributed by atoms with Crippen molar-refractivity contribution in [1.29, 1.82) is 0 Å². The smallest absolute Gasteiger partial charge is 0.294 e. The first-order valence-electron chi connectivity index (χ1n) is 8.80. The van der Waals surface area contributed by atoms with E-state index in [0.29, 0.717) is 24.6 Å². The molecule has 4 rings (SSSR count). The Morgan fingerprint density at radius 1 is 1.07 bits per heavy atom. The number of carbonyl (C=O) groups is 3. The van der Waals surface area contributed by atoms with E-state index in [9.17, 15) is 14.4 Å². The number of imide groups is 1. The standard InChI is InChI=1S/C20H18N2O4S/c23-18(21-10-4-5-11-21)13-22-19(24)17(27-20(22)25)12-15-8-9-16(26-15)14-6-2-1-3-7-14/h1-3,6-9,12H,4-5,10-11,13H2/b17-12+. The molecule has 2 aromatic rings. The summed E-state index contributed by atoms with van der Waals surface area (Å²) >= 11 is 0.834. The Kier molecular flexibility index (Phi) is 4.85. The average Bonchev–Trinajstić information content (AvgIpc) is 3.41. The van der Waals surface area contributed by atoms with Crippen molar-refractivity contribution in [3.05, 3.63) is 53.1 Å². The number of benzene rings is 1. The van der Waals surface area contributed by atoms with Gasteiger partial charge in [0.25, 0.3) is 11.1 Å². The minimum absolute atomic E-state index is 0.180. The van der Waals surface area contributed by atoms with Crippen molar-refractivity contribution >= 4 is 34.9 Å². The molecule has 0 saturated carbocycles. The minimum atomic E-state index is -0.449. The Bertz CT molecular complexity index is 913. The third-order valence-corrected chi connectivity index (χ3v) is 5.49. The number of furan rings is 1. The summed E-state index contributed by atoms with van der Waals surface area (Å²) in [7, 11) is 0. The summed E-state index contributed by atoms with van der Waals surface area (Å²) < 4.78 is 5.77. The molecule has 1 aromatic heterocycles. The van der Waals surface area contributed by atoms with Crippen LogP contribution < -0.4 is 0 Å². The highest BCUT2D eigenvalue weighted by molar-refractivity contribution is 8.18. The Morgan fingerprint density at radius 3 is 2.56 bits per heavy atom. The molecular weight excluding hydrogens is 364 g/mol. The van der Waals surface area contributed by atoms with Gasteiger partial charge >= 0.3 is 0 Å². The van der Waals surface area contributed by atoms with E-state index in [1.54, 1.807) is 17.0 Å². The van der Waals surface area contributed by atoms with E-state index in [-0.39, 0.29) is 17.4 Å². The lowest BCUT2D eigenvalue weighted by Crippen LogP contribution is -2.40. The monoisotopic (exact) mass is 382 g/mol. The van der Waals surface area contributed by atoms with E-state index >= 15 is 0 Å². The lowest BCUT2D eigenvalue weighted by molar-refractivity contribution is -0.135. The Morgan fingerprint density at radius 2 is 1.81 bits per heavy atom. The molecule has 0 aliphatic carbocycles. The molecule has 0 N–H and O–H groups in total. The molecule has 3 heterocycles. The van der Waals surface area contributed by atoms with Crippen LogP contribution in [0.25, 0.3) is 17.4 Å². The largest absolute Gasteiger partial charge is 0.457 e. The van der Waals surface area contributed by atoms with Gasteiger partial charge in [0, 0.05) is 24.7 Å². The van der Waals surface area contributed by atoms with Gasteiger partial charge in [0.2, 0.25) is 5.91 Å². The lowest BCUT2D eigenvalue weighted by Gasteiger charge is -2.18. The fourth-order valence-electron chi connectivity index (χ4n) is 3.16. The molecule has 2 saturated heterocycles. The van der Waals surface area contributed by atoms with E-state index in [0.717, 1.165) is 35.1 Å². The molecule has 1 aromatic carbocycles. The van der Waals surface area contributed by atoms with Crippen molar-refractivity contribution in [1.82, 2.24) is 9.80 Å². The van der Waals surface area contributed by atoms with Crippen LogP contribution in [0.2, 0.25) is 0 Å². The second-order valence-electron chi connectivity index (χ2n) is 6.42. The maximum atomic E-state index is 12.6. The number of rotatable bonds is 4. The number of thioether (sulfide) groups is 1. The zero-order chi connectivity index (χ0) is 18.8. The third-order valence-electron chi connectivity index (χ3n) is 4.58. The number of amides is 3. The van der Waals surface area contributed by atoms with Crippen molar-refractivity contribution in [2.24, 2.45) is 0 Å². The highest BCUT2D eigenvalue weighted by Crippen LogP contribution is 2.33. The Balaban J connectivity index is 1.48. The van der Waals surface area contributed by atoms with E-state index in [4.69, 9.17) is 4.42 Å². The minimum Gasteiger partial charge on any atom is -0.457 e. The molecule has 3 amide bonds. The van der Waals surface area contributed by atoms with Crippen LogP contribution in [0.4, 0.5) is 4.79 Å². The van der Waals surface area contributed by atoms with Gasteiger partial charge in [0.05, 0.1) is 4.91 Å². The highest BCUT2D eigenvalue weighted by atomic mass is 32.2. The van der Waals surface area contributed by atoms with Gasteiger partial charge in [-0.05, 0) is 36.7 Å². The van der Waals surface area contributed by atoms with Crippen LogP contribution >= 0.6 is 11.8 Å². The van der Waals surface area contributed by atoms with Gasteiger partial charge in [-0.25, -0.2) is 0 Å². The average molecular weight is 382 g/mol. The summed E-state index contributed by atoms with van der Waals surface area (Å²) in [5.74, 6) is 0.547. The highest BCUT2D eigenvalue weighted by Gasteiger charge is 2.37. The maximum Gasteiger partial charge on any atom is 0.294 e. The summed E-state index contributed by atoms with van der Waals surface area (Å²) in [6.07, 6.45) is 3.49. The quantitative estimate of drug-likeness (QED) is 0.756. The fraction of sp³-hybridized carbons (Fsp3) is 0.250. The van der Waals surface area contributed by atoms with Gasteiger partial charge in [-0.2, -0.15) is 0 Å². The first-order chi connectivity index (χ1) is 13.1. The predicted octanol–water partition coefficient (Wildman–Crippen LogP) is 3.61. The van der Waals surface area contributed by atoms with Gasteiger partial charge in [-0.3, -0.25) is 19.3 Å². The van der Waals surface area contributed by atoms with E-state index in [2.05, 4.69) is 0 Å². The zero-order valence-electron chi connectivity index (χ0n) is 14.6. The topological polar surface area (TPSA) is 70.8 Å².